The SMILES string of the molecule is Cc1csc(CNCc2cccc(F)c2Cl)n1. The molecule has 5 heteroatoms. The topological polar surface area (TPSA) is 24.9 Å². The van der Waals surface area contributed by atoms with E-state index in [9.17, 15) is 4.39 Å². The molecule has 0 radical (unpaired) electrons. The summed E-state index contributed by atoms with van der Waals surface area (Å²) in [6, 6.07) is 4.83. The molecule has 0 fully saturated rings. The molecule has 2 aromatic rings. The van der Waals surface area contributed by atoms with Crippen molar-refractivity contribution in [2.45, 2.75) is 20.0 Å². The molecule has 0 unspecified atom stereocenters. The van der Waals surface area contributed by atoms with Crippen molar-refractivity contribution in [3.05, 3.63) is 50.7 Å². The van der Waals surface area contributed by atoms with Gasteiger partial charge in [-0.3, -0.25) is 0 Å². The van der Waals surface area contributed by atoms with E-state index in [1.807, 2.05) is 18.4 Å². The number of rotatable bonds is 4. The molecule has 0 atom stereocenters. The van der Waals surface area contributed by atoms with Crippen LogP contribution in [-0.2, 0) is 13.1 Å². The molecule has 0 saturated heterocycles. The van der Waals surface area contributed by atoms with Crippen LogP contribution in [0.25, 0.3) is 0 Å². The highest BCUT2D eigenvalue weighted by atomic mass is 35.5. The summed E-state index contributed by atoms with van der Waals surface area (Å²) in [5.74, 6) is -0.379. The molecular weight excluding hydrogens is 259 g/mol. The van der Waals surface area contributed by atoms with Crippen LogP contribution in [-0.4, -0.2) is 4.98 Å². The van der Waals surface area contributed by atoms with Gasteiger partial charge in [0.1, 0.15) is 10.8 Å². The van der Waals surface area contributed by atoms with Gasteiger partial charge < -0.3 is 5.32 Å². The van der Waals surface area contributed by atoms with Gasteiger partial charge in [0.15, 0.2) is 0 Å². The number of aryl methyl sites for hydroxylation is 1. The van der Waals surface area contributed by atoms with Crippen molar-refractivity contribution < 1.29 is 4.39 Å². The van der Waals surface area contributed by atoms with E-state index < -0.39 is 0 Å². The summed E-state index contributed by atoms with van der Waals surface area (Å²) in [6.45, 7) is 3.17. The Morgan fingerprint density at radius 1 is 1.41 bits per heavy atom. The van der Waals surface area contributed by atoms with E-state index in [4.69, 9.17) is 11.6 Å². The van der Waals surface area contributed by atoms with Gasteiger partial charge in [0.25, 0.3) is 0 Å². The third-order valence-electron chi connectivity index (χ3n) is 2.29. The maximum atomic E-state index is 13.2. The molecule has 0 aliphatic heterocycles. The second-order valence-electron chi connectivity index (χ2n) is 3.70. The maximum Gasteiger partial charge on any atom is 0.142 e. The zero-order chi connectivity index (χ0) is 12.3. The average molecular weight is 271 g/mol. The summed E-state index contributed by atoms with van der Waals surface area (Å²) in [4.78, 5) is 4.33. The first-order valence-electron chi connectivity index (χ1n) is 5.21. The Kier molecular flexibility index (Phi) is 4.10. The summed E-state index contributed by atoms with van der Waals surface area (Å²) < 4.78 is 13.2. The highest BCUT2D eigenvalue weighted by Crippen LogP contribution is 2.19. The van der Waals surface area contributed by atoms with Crippen LogP contribution >= 0.6 is 22.9 Å². The van der Waals surface area contributed by atoms with Gasteiger partial charge in [-0.1, -0.05) is 23.7 Å². The Balaban J connectivity index is 1.92. The van der Waals surface area contributed by atoms with Crippen molar-refractivity contribution in [3.63, 3.8) is 0 Å². The third kappa shape index (κ3) is 3.25. The van der Waals surface area contributed by atoms with E-state index >= 15 is 0 Å². The predicted molar refractivity (Wildman–Crippen MR) is 68.8 cm³/mol. The number of nitrogens with zero attached hydrogens (tertiary/aromatic N) is 1. The van der Waals surface area contributed by atoms with Crippen molar-refractivity contribution in [2.24, 2.45) is 0 Å². The van der Waals surface area contributed by atoms with Gasteiger partial charge in [0.05, 0.1) is 5.02 Å². The summed E-state index contributed by atoms with van der Waals surface area (Å²) in [7, 11) is 0. The summed E-state index contributed by atoms with van der Waals surface area (Å²) in [6.07, 6.45) is 0. The molecule has 0 aliphatic carbocycles. The van der Waals surface area contributed by atoms with Crippen LogP contribution in [0, 0.1) is 12.7 Å². The lowest BCUT2D eigenvalue weighted by atomic mass is 10.2. The van der Waals surface area contributed by atoms with Crippen molar-refractivity contribution in [1.29, 1.82) is 0 Å². The van der Waals surface area contributed by atoms with Crippen LogP contribution in [0.1, 0.15) is 16.3 Å². The van der Waals surface area contributed by atoms with Crippen LogP contribution in [0.4, 0.5) is 4.39 Å². The summed E-state index contributed by atoms with van der Waals surface area (Å²) in [5.41, 5.74) is 1.79. The second kappa shape index (κ2) is 5.58. The molecule has 2 nitrogen and oxygen atoms in total. The van der Waals surface area contributed by atoms with Crippen molar-refractivity contribution in [1.82, 2.24) is 10.3 Å². The molecule has 1 aromatic carbocycles. The lowest BCUT2D eigenvalue weighted by Gasteiger charge is -2.05. The number of halogens is 2. The lowest BCUT2D eigenvalue weighted by Crippen LogP contribution is -2.13. The summed E-state index contributed by atoms with van der Waals surface area (Å²) in [5, 5.41) is 6.42. The quantitative estimate of drug-likeness (QED) is 0.919. The van der Waals surface area contributed by atoms with Gasteiger partial charge >= 0.3 is 0 Å². The predicted octanol–water partition coefficient (Wildman–Crippen LogP) is 3.53. The second-order valence-corrected chi connectivity index (χ2v) is 5.02. The Morgan fingerprint density at radius 2 is 2.24 bits per heavy atom. The largest absolute Gasteiger partial charge is 0.306 e. The van der Waals surface area contributed by atoms with E-state index in [0.29, 0.717) is 13.1 Å². The smallest absolute Gasteiger partial charge is 0.142 e. The van der Waals surface area contributed by atoms with E-state index in [0.717, 1.165) is 16.3 Å². The number of hydrogen-bond donors (Lipinski definition) is 1. The van der Waals surface area contributed by atoms with Crippen LogP contribution in [0.3, 0.4) is 0 Å². The third-order valence-corrected chi connectivity index (χ3v) is 3.68. The fourth-order valence-electron chi connectivity index (χ4n) is 1.47. The minimum absolute atomic E-state index is 0.190. The Hall–Kier alpha value is -0.970. The van der Waals surface area contributed by atoms with Gasteiger partial charge in [0, 0.05) is 24.2 Å². The molecule has 1 heterocycles. The zero-order valence-corrected chi connectivity index (χ0v) is 10.9. The van der Waals surface area contributed by atoms with Crippen LogP contribution in [0.15, 0.2) is 23.6 Å². The number of aromatic nitrogens is 1. The monoisotopic (exact) mass is 270 g/mol. The maximum absolute atomic E-state index is 13.2. The fourth-order valence-corrected chi connectivity index (χ4v) is 2.41. The van der Waals surface area contributed by atoms with E-state index in [2.05, 4.69) is 10.3 Å². The molecule has 0 aliphatic rings. The zero-order valence-electron chi connectivity index (χ0n) is 9.34. The van der Waals surface area contributed by atoms with Gasteiger partial charge in [-0.05, 0) is 18.6 Å². The van der Waals surface area contributed by atoms with Gasteiger partial charge in [-0.2, -0.15) is 0 Å². The van der Waals surface area contributed by atoms with E-state index in [1.54, 1.807) is 17.4 Å². The molecule has 2 rings (SSSR count). The molecule has 1 N–H and O–H groups in total. The average Bonchev–Trinajstić information content (AvgIpc) is 2.70. The first-order chi connectivity index (χ1) is 8.16. The molecular formula is C12H12ClFN2S. The Morgan fingerprint density at radius 3 is 2.94 bits per heavy atom. The number of thiazole rings is 1. The molecule has 0 bridgehead atoms. The number of nitrogens with one attached hydrogen (secondary N) is 1. The Bertz CT molecular complexity index is 513. The van der Waals surface area contributed by atoms with Gasteiger partial charge in [0.2, 0.25) is 0 Å². The van der Waals surface area contributed by atoms with Crippen molar-refractivity contribution in [2.75, 3.05) is 0 Å². The molecule has 90 valence electrons. The van der Waals surface area contributed by atoms with Gasteiger partial charge in [-0.25, -0.2) is 9.37 Å². The molecule has 1 aromatic heterocycles. The van der Waals surface area contributed by atoms with Crippen LogP contribution in [0.2, 0.25) is 5.02 Å². The molecule has 0 saturated carbocycles. The van der Waals surface area contributed by atoms with Crippen molar-refractivity contribution in [3.8, 4) is 0 Å². The normalized spacial score (nSPS) is 10.8. The highest BCUT2D eigenvalue weighted by Gasteiger charge is 2.05. The molecule has 17 heavy (non-hydrogen) atoms. The van der Waals surface area contributed by atoms with Gasteiger partial charge in [-0.15, -0.1) is 11.3 Å². The standard InChI is InChI=1S/C12H12ClFN2S/c1-8-7-17-11(16-8)6-15-5-9-3-2-4-10(14)12(9)13/h2-4,7,15H,5-6H2,1H3. The minimum atomic E-state index is -0.379. The lowest BCUT2D eigenvalue weighted by molar-refractivity contribution is 0.620. The molecule has 0 spiro atoms. The minimum Gasteiger partial charge on any atom is -0.306 e. The first-order valence-corrected chi connectivity index (χ1v) is 6.47. The number of hydrogen-bond acceptors (Lipinski definition) is 3. The molecule has 0 amide bonds. The van der Waals surface area contributed by atoms with Crippen LogP contribution in [0.5, 0.6) is 0 Å². The fraction of sp³-hybridized carbons (Fsp3) is 0.250. The van der Waals surface area contributed by atoms with E-state index in [-0.39, 0.29) is 10.8 Å². The first kappa shape index (κ1) is 12.5. The highest BCUT2D eigenvalue weighted by molar-refractivity contribution is 7.09. The number of benzene rings is 1. The Labute approximate surface area is 108 Å². The van der Waals surface area contributed by atoms with E-state index in [1.165, 1.54) is 6.07 Å². The summed E-state index contributed by atoms with van der Waals surface area (Å²) >= 11 is 7.46. The van der Waals surface area contributed by atoms with Crippen LogP contribution < -0.4 is 5.32 Å². The van der Waals surface area contributed by atoms with Crippen molar-refractivity contribution >= 4 is 22.9 Å².